The minimum Gasteiger partial charge on any atom is -0.467 e. The van der Waals surface area contributed by atoms with Gasteiger partial charge in [-0.3, -0.25) is 0 Å². The van der Waals surface area contributed by atoms with Gasteiger partial charge in [0, 0.05) is 0 Å². The second kappa shape index (κ2) is 5.31. The maximum atomic E-state index is 11.2. The Hall–Kier alpha value is -2.37. The van der Waals surface area contributed by atoms with Crippen LogP contribution < -0.4 is 5.32 Å². The molecule has 6 nitrogen and oxygen atoms in total. The predicted molar refractivity (Wildman–Crippen MR) is 64.1 cm³/mol. The van der Waals surface area contributed by atoms with Gasteiger partial charge in [-0.1, -0.05) is 0 Å². The number of furan rings is 1. The van der Waals surface area contributed by atoms with E-state index in [2.05, 4.69) is 20.0 Å². The van der Waals surface area contributed by atoms with Crippen molar-refractivity contribution >= 4 is 11.8 Å². The lowest BCUT2D eigenvalue weighted by molar-refractivity contribution is 0.0593. The van der Waals surface area contributed by atoms with Crippen LogP contribution in [-0.2, 0) is 4.74 Å². The Kier molecular flexibility index (Phi) is 3.57. The zero-order valence-corrected chi connectivity index (χ0v) is 10.1. The van der Waals surface area contributed by atoms with E-state index in [4.69, 9.17) is 4.42 Å². The molecule has 2 rings (SSSR count). The number of hydrogen-bond acceptors (Lipinski definition) is 6. The highest BCUT2D eigenvalue weighted by Gasteiger charge is 2.10. The minimum atomic E-state index is -0.506. The molecule has 2 heterocycles. The van der Waals surface area contributed by atoms with E-state index in [-0.39, 0.29) is 11.7 Å². The van der Waals surface area contributed by atoms with Gasteiger partial charge in [0.25, 0.3) is 0 Å². The first-order valence-corrected chi connectivity index (χ1v) is 5.41. The van der Waals surface area contributed by atoms with E-state index >= 15 is 0 Å². The van der Waals surface area contributed by atoms with Crippen molar-refractivity contribution in [1.82, 2.24) is 9.97 Å². The fourth-order valence-electron chi connectivity index (χ4n) is 1.44. The Balaban J connectivity index is 2.04. The lowest BCUT2D eigenvalue weighted by Gasteiger charge is -2.11. The van der Waals surface area contributed by atoms with Crippen LogP contribution in [0.2, 0.25) is 0 Å². The summed E-state index contributed by atoms with van der Waals surface area (Å²) in [4.78, 5) is 19.2. The first kappa shape index (κ1) is 12.1. The number of ether oxygens (including phenoxy) is 1. The number of anilines is 1. The highest BCUT2D eigenvalue weighted by atomic mass is 16.5. The van der Waals surface area contributed by atoms with Crippen molar-refractivity contribution in [2.45, 2.75) is 13.0 Å². The maximum Gasteiger partial charge on any atom is 0.358 e. The van der Waals surface area contributed by atoms with Gasteiger partial charge in [0.05, 0.1) is 31.8 Å². The summed E-state index contributed by atoms with van der Waals surface area (Å²) in [5.74, 6) is 0.855. The quantitative estimate of drug-likeness (QED) is 0.833. The van der Waals surface area contributed by atoms with Gasteiger partial charge in [0.2, 0.25) is 0 Å². The number of carbonyl (C=O) groups is 1. The third-order valence-corrected chi connectivity index (χ3v) is 2.38. The van der Waals surface area contributed by atoms with Crippen LogP contribution in [0.25, 0.3) is 0 Å². The molecule has 0 fully saturated rings. The Morgan fingerprint density at radius 2 is 2.28 bits per heavy atom. The number of hydrogen-bond donors (Lipinski definition) is 1. The summed E-state index contributed by atoms with van der Waals surface area (Å²) in [7, 11) is 1.30. The maximum absolute atomic E-state index is 11.2. The van der Waals surface area contributed by atoms with Crippen molar-refractivity contribution in [2.24, 2.45) is 0 Å². The van der Waals surface area contributed by atoms with Crippen molar-refractivity contribution in [3.63, 3.8) is 0 Å². The van der Waals surface area contributed by atoms with Gasteiger partial charge in [-0.25, -0.2) is 14.8 Å². The van der Waals surface area contributed by atoms with Gasteiger partial charge >= 0.3 is 5.97 Å². The van der Waals surface area contributed by atoms with E-state index in [1.807, 2.05) is 19.1 Å². The van der Waals surface area contributed by atoms with E-state index in [0.717, 1.165) is 5.76 Å². The van der Waals surface area contributed by atoms with Crippen LogP contribution >= 0.6 is 0 Å². The summed E-state index contributed by atoms with van der Waals surface area (Å²) in [5, 5.41) is 3.11. The Bertz CT molecular complexity index is 508. The molecule has 0 radical (unpaired) electrons. The standard InChI is InChI=1S/C12H13N3O3/c1-8(10-4-3-5-18-10)15-11-7-13-9(6-14-11)12(16)17-2/h3-8H,1-2H3,(H,14,15). The molecular formula is C12H13N3O3. The Morgan fingerprint density at radius 3 is 2.83 bits per heavy atom. The fourth-order valence-corrected chi connectivity index (χ4v) is 1.44. The van der Waals surface area contributed by atoms with E-state index in [1.54, 1.807) is 6.26 Å². The molecule has 1 N–H and O–H groups in total. The van der Waals surface area contributed by atoms with Crippen LogP contribution in [0.3, 0.4) is 0 Å². The lowest BCUT2D eigenvalue weighted by atomic mass is 10.2. The van der Waals surface area contributed by atoms with Crippen molar-refractivity contribution in [3.8, 4) is 0 Å². The molecule has 1 atom stereocenters. The van der Waals surface area contributed by atoms with E-state index in [0.29, 0.717) is 5.82 Å². The highest BCUT2D eigenvalue weighted by Crippen LogP contribution is 2.17. The number of esters is 1. The summed E-state index contributed by atoms with van der Waals surface area (Å²) in [5.41, 5.74) is 0.175. The van der Waals surface area contributed by atoms with Gasteiger partial charge in [-0.2, -0.15) is 0 Å². The zero-order valence-electron chi connectivity index (χ0n) is 10.1. The number of methoxy groups -OCH3 is 1. The van der Waals surface area contributed by atoms with E-state index in [9.17, 15) is 4.79 Å². The number of nitrogens with zero attached hydrogens (tertiary/aromatic N) is 2. The SMILES string of the molecule is COC(=O)c1cnc(NC(C)c2ccco2)cn1. The second-order valence-corrected chi connectivity index (χ2v) is 3.66. The van der Waals surface area contributed by atoms with Crippen LogP contribution in [0, 0.1) is 0 Å². The Labute approximate surface area is 104 Å². The predicted octanol–water partition coefficient (Wildman–Crippen LogP) is 2.03. The first-order chi connectivity index (χ1) is 8.70. The molecule has 1 unspecified atom stereocenters. The van der Waals surface area contributed by atoms with Gasteiger partial charge in [0.1, 0.15) is 11.6 Å². The molecule has 0 spiro atoms. The van der Waals surface area contributed by atoms with Crippen molar-refractivity contribution < 1.29 is 13.9 Å². The van der Waals surface area contributed by atoms with Gasteiger partial charge < -0.3 is 14.5 Å². The van der Waals surface area contributed by atoms with E-state index in [1.165, 1.54) is 19.5 Å². The largest absolute Gasteiger partial charge is 0.467 e. The molecule has 0 saturated carbocycles. The van der Waals surface area contributed by atoms with Gasteiger partial charge in [-0.15, -0.1) is 0 Å². The van der Waals surface area contributed by atoms with Crippen LogP contribution in [0.5, 0.6) is 0 Å². The number of nitrogens with one attached hydrogen (secondary N) is 1. The van der Waals surface area contributed by atoms with Crippen LogP contribution in [-0.4, -0.2) is 23.0 Å². The third kappa shape index (κ3) is 2.65. The summed E-state index contributed by atoms with van der Waals surface area (Å²) in [6.07, 6.45) is 4.45. The van der Waals surface area contributed by atoms with Crippen LogP contribution in [0.15, 0.2) is 35.2 Å². The average molecular weight is 247 g/mol. The summed E-state index contributed by atoms with van der Waals surface area (Å²) < 4.78 is 9.80. The number of carbonyl (C=O) groups excluding carboxylic acids is 1. The minimum absolute atomic E-state index is 0.0294. The van der Waals surface area contributed by atoms with Crippen LogP contribution in [0.1, 0.15) is 29.2 Å². The highest BCUT2D eigenvalue weighted by molar-refractivity contribution is 5.86. The Morgan fingerprint density at radius 1 is 1.44 bits per heavy atom. The second-order valence-electron chi connectivity index (χ2n) is 3.66. The molecule has 0 bridgehead atoms. The molecule has 0 aliphatic heterocycles. The molecule has 94 valence electrons. The van der Waals surface area contributed by atoms with Crippen molar-refractivity contribution in [2.75, 3.05) is 12.4 Å². The third-order valence-electron chi connectivity index (χ3n) is 2.38. The number of aromatic nitrogens is 2. The van der Waals surface area contributed by atoms with Crippen molar-refractivity contribution in [3.05, 3.63) is 42.2 Å². The molecule has 0 aliphatic carbocycles. The lowest BCUT2D eigenvalue weighted by Crippen LogP contribution is -2.09. The zero-order chi connectivity index (χ0) is 13.0. The molecule has 0 aromatic carbocycles. The van der Waals surface area contributed by atoms with Gasteiger partial charge in [0.15, 0.2) is 5.69 Å². The van der Waals surface area contributed by atoms with Gasteiger partial charge in [-0.05, 0) is 19.1 Å². The fraction of sp³-hybridized carbons (Fsp3) is 0.250. The molecule has 2 aromatic heterocycles. The molecule has 0 aliphatic rings. The summed E-state index contributed by atoms with van der Waals surface area (Å²) in [6, 6.07) is 3.66. The summed E-state index contributed by atoms with van der Waals surface area (Å²) >= 11 is 0. The molecule has 18 heavy (non-hydrogen) atoms. The van der Waals surface area contributed by atoms with Crippen LogP contribution in [0.4, 0.5) is 5.82 Å². The smallest absolute Gasteiger partial charge is 0.358 e. The molecular weight excluding hydrogens is 234 g/mol. The topological polar surface area (TPSA) is 77.2 Å². The normalized spacial score (nSPS) is 11.9. The molecule has 0 saturated heterocycles. The molecule has 6 heteroatoms. The average Bonchev–Trinajstić information content (AvgIpc) is 2.92. The van der Waals surface area contributed by atoms with E-state index < -0.39 is 5.97 Å². The molecule has 0 amide bonds. The van der Waals surface area contributed by atoms with Crippen molar-refractivity contribution in [1.29, 1.82) is 0 Å². The monoisotopic (exact) mass is 247 g/mol. The number of rotatable bonds is 4. The summed E-state index contributed by atoms with van der Waals surface area (Å²) in [6.45, 7) is 1.94. The molecule has 2 aromatic rings. The first-order valence-electron chi connectivity index (χ1n) is 5.41.